The number of hydrogen-bond donors (Lipinski definition) is 2. The molecular weight excluding hydrogens is 373 g/mol. The van der Waals surface area contributed by atoms with Gasteiger partial charge in [-0.1, -0.05) is 11.6 Å². The minimum Gasteiger partial charge on any atom is -0.383 e. The molecular formula is C11H8BrClFN3O2S. The van der Waals surface area contributed by atoms with E-state index in [9.17, 15) is 12.8 Å². The largest absolute Gasteiger partial charge is 0.383 e. The topological polar surface area (TPSA) is 85.1 Å². The highest BCUT2D eigenvalue weighted by molar-refractivity contribution is 9.10. The third-order valence-corrected chi connectivity index (χ3v) is 4.44. The third kappa shape index (κ3) is 3.20. The van der Waals surface area contributed by atoms with Crippen LogP contribution in [0, 0.1) is 5.82 Å². The van der Waals surface area contributed by atoms with Crippen molar-refractivity contribution in [3.63, 3.8) is 0 Å². The fraction of sp³-hybridized carbons (Fsp3) is 0. The van der Waals surface area contributed by atoms with E-state index in [4.69, 9.17) is 17.3 Å². The maximum atomic E-state index is 13.0. The van der Waals surface area contributed by atoms with Gasteiger partial charge in [0.25, 0.3) is 10.0 Å². The molecule has 2 rings (SSSR count). The number of pyridine rings is 1. The summed E-state index contributed by atoms with van der Waals surface area (Å²) in [5, 5.41) is -0.189. The molecule has 3 N–H and O–H groups in total. The summed E-state index contributed by atoms with van der Waals surface area (Å²) in [5.41, 5.74) is 5.67. The molecule has 0 unspecified atom stereocenters. The van der Waals surface area contributed by atoms with Gasteiger partial charge >= 0.3 is 0 Å². The number of nitrogen functional groups attached to an aromatic ring is 1. The number of halogens is 3. The smallest absolute Gasteiger partial charge is 0.265 e. The Labute approximate surface area is 128 Å². The number of nitrogens with two attached hydrogens (primary N) is 1. The maximum absolute atomic E-state index is 13.0. The second-order valence-electron chi connectivity index (χ2n) is 3.77. The highest BCUT2D eigenvalue weighted by Crippen LogP contribution is 2.25. The van der Waals surface area contributed by atoms with Crippen LogP contribution in [0.1, 0.15) is 0 Å². The quantitative estimate of drug-likeness (QED) is 0.857. The van der Waals surface area contributed by atoms with E-state index in [1.165, 1.54) is 18.3 Å². The van der Waals surface area contributed by atoms with E-state index >= 15 is 0 Å². The number of benzene rings is 1. The molecule has 0 saturated heterocycles. The van der Waals surface area contributed by atoms with Crippen LogP contribution in [0.2, 0.25) is 5.02 Å². The van der Waals surface area contributed by atoms with Crippen LogP contribution in [-0.2, 0) is 10.0 Å². The molecule has 0 radical (unpaired) electrons. The first-order valence-corrected chi connectivity index (χ1v) is 7.84. The van der Waals surface area contributed by atoms with Gasteiger partial charge in [-0.2, -0.15) is 0 Å². The second kappa shape index (κ2) is 5.55. The van der Waals surface area contributed by atoms with Crippen molar-refractivity contribution in [1.82, 2.24) is 4.98 Å². The van der Waals surface area contributed by atoms with Crippen LogP contribution in [0.3, 0.4) is 0 Å². The van der Waals surface area contributed by atoms with Crippen molar-refractivity contribution in [1.29, 1.82) is 0 Å². The zero-order valence-electron chi connectivity index (χ0n) is 9.77. The first kappa shape index (κ1) is 15.0. The van der Waals surface area contributed by atoms with Crippen molar-refractivity contribution in [2.24, 2.45) is 0 Å². The van der Waals surface area contributed by atoms with Crippen LogP contribution in [0.4, 0.5) is 15.9 Å². The van der Waals surface area contributed by atoms with Gasteiger partial charge in [0, 0.05) is 10.7 Å². The van der Waals surface area contributed by atoms with E-state index < -0.39 is 15.8 Å². The van der Waals surface area contributed by atoms with E-state index in [2.05, 4.69) is 25.6 Å². The van der Waals surface area contributed by atoms with E-state index in [1.54, 1.807) is 0 Å². The summed E-state index contributed by atoms with van der Waals surface area (Å²) in [7, 11) is -3.94. The molecule has 0 amide bonds. The van der Waals surface area contributed by atoms with Crippen molar-refractivity contribution < 1.29 is 12.8 Å². The number of aromatic nitrogens is 1. The highest BCUT2D eigenvalue weighted by atomic mass is 79.9. The number of nitrogens with zero attached hydrogens (tertiary/aromatic N) is 1. The fourth-order valence-corrected chi connectivity index (χ4v) is 3.24. The van der Waals surface area contributed by atoms with E-state index in [1.807, 2.05) is 0 Å². The molecule has 0 aliphatic carbocycles. The summed E-state index contributed by atoms with van der Waals surface area (Å²) in [4.78, 5) is 3.56. The molecule has 20 heavy (non-hydrogen) atoms. The van der Waals surface area contributed by atoms with Gasteiger partial charge in [-0.25, -0.2) is 17.8 Å². The Morgan fingerprint density at radius 1 is 1.35 bits per heavy atom. The molecule has 2 aromatic rings. The van der Waals surface area contributed by atoms with Crippen molar-refractivity contribution in [2.45, 2.75) is 4.90 Å². The lowest BCUT2D eigenvalue weighted by molar-refractivity contribution is 0.601. The molecule has 1 aromatic heterocycles. The molecule has 0 fully saturated rings. The SMILES string of the molecule is Nc1ncc(Br)cc1S(=O)(=O)Nc1ccc(F)c(Cl)c1. The van der Waals surface area contributed by atoms with E-state index in [-0.39, 0.29) is 21.4 Å². The summed E-state index contributed by atoms with van der Waals surface area (Å²) >= 11 is 8.71. The molecule has 0 aliphatic heterocycles. The summed E-state index contributed by atoms with van der Waals surface area (Å²) in [6, 6.07) is 4.79. The Balaban J connectivity index is 2.40. The molecule has 9 heteroatoms. The second-order valence-corrected chi connectivity index (χ2v) is 6.74. The van der Waals surface area contributed by atoms with Gasteiger partial charge in [0.2, 0.25) is 0 Å². The fourth-order valence-electron chi connectivity index (χ4n) is 1.42. The van der Waals surface area contributed by atoms with Crippen molar-refractivity contribution >= 4 is 49.1 Å². The Hall–Kier alpha value is -1.38. The number of rotatable bonds is 3. The Morgan fingerprint density at radius 3 is 2.70 bits per heavy atom. The first-order chi connectivity index (χ1) is 9.29. The third-order valence-electron chi connectivity index (χ3n) is 2.31. The predicted octanol–water partition coefficient (Wildman–Crippen LogP) is 3.02. The summed E-state index contributed by atoms with van der Waals surface area (Å²) in [5.74, 6) is -0.785. The van der Waals surface area contributed by atoms with Crippen molar-refractivity contribution in [3.8, 4) is 0 Å². The average Bonchev–Trinajstić information content (AvgIpc) is 2.36. The monoisotopic (exact) mass is 379 g/mol. The number of hydrogen-bond acceptors (Lipinski definition) is 4. The molecule has 0 aliphatic rings. The standard InChI is InChI=1S/C11H8BrClFN3O2S/c12-6-3-10(11(15)16-5-6)20(18,19)17-7-1-2-9(14)8(13)4-7/h1-5,17H,(H2,15,16). The molecule has 0 saturated carbocycles. The van der Waals surface area contributed by atoms with Crippen LogP contribution >= 0.6 is 27.5 Å². The highest BCUT2D eigenvalue weighted by Gasteiger charge is 2.19. The zero-order chi connectivity index (χ0) is 14.9. The lowest BCUT2D eigenvalue weighted by atomic mass is 10.3. The van der Waals surface area contributed by atoms with E-state index in [0.29, 0.717) is 4.47 Å². The van der Waals surface area contributed by atoms with Crippen LogP contribution in [-0.4, -0.2) is 13.4 Å². The van der Waals surface area contributed by atoms with Gasteiger partial charge in [-0.05, 0) is 40.2 Å². The molecule has 0 bridgehead atoms. The van der Waals surface area contributed by atoms with Crippen molar-refractivity contribution in [2.75, 3.05) is 10.5 Å². The lowest BCUT2D eigenvalue weighted by Crippen LogP contribution is -2.15. The van der Waals surface area contributed by atoms with Gasteiger partial charge < -0.3 is 5.73 Å². The normalized spacial score (nSPS) is 11.3. The van der Waals surface area contributed by atoms with Gasteiger partial charge in [0.15, 0.2) is 0 Å². The van der Waals surface area contributed by atoms with Crippen LogP contribution in [0.15, 0.2) is 39.8 Å². The van der Waals surface area contributed by atoms with Crippen LogP contribution < -0.4 is 10.5 Å². The van der Waals surface area contributed by atoms with E-state index in [0.717, 1.165) is 12.1 Å². The Bertz CT molecular complexity index is 770. The van der Waals surface area contributed by atoms with Gasteiger partial charge in [-0.15, -0.1) is 0 Å². The molecule has 0 spiro atoms. The molecule has 0 atom stereocenters. The predicted molar refractivity (Wildman–Crippen MR) is 78.6 cm³/mol. The molecule has 106 valence electrons. The molecule has 1 heterocycles. The van der Waals surface area contributed by atoms with Gasteiger partial charge in [0.05, 0.1) is 10.7 Å². The summed E-state index contributed by atoms with van der Waals surface area (Å²) in [6.45, 7) is 0. The average molecular weight is 381 g/mol. The first-order valence-electron chi connectivity index (χ1n) is 5.18. The zero-order valence-corrected chi connectivity index (χ0v) is 12.9. The van der Waals surface area contributed by atoms with Crippen molar-refractivity contribution in [3.05, 3.63) is 45.8 Å². The van der Waals surface area contributed by atoms with Gasteiger partial charge in [0.1, 0.15) is 16.5 Å². The molecule has 1 aromatic carbocycles. The summed E-state index contributed by atoms with van der Waals surface area (Å²) in [6.07, 6.45) is 1.38. The van der Waals surface area contributed by atoms with Crippen LogP contribution in [0.5, 0.6) is 0 Å². The molecule has 5 nitrogen and oxygen atoms in total. The maximum Gasteiger partial charge on any atom is 0.265 e. The Kier molecular flexibility index (Phi) is 4.17. The summed E-state index contributed by atoms with van der Waals surface area (Å²) < 4.78 is 40.1. The van der Waals surface area contributed by atoms with Crippen LogP contribution in [0.25, 0.3) is 0 Å². The Morgan fingerprint density at radius 2 is 2.05 bits per heavy atom. The minimum atomic E-state index is -3.94. The number of nitrogens with one attached hydrogen (secondary N) is 1. The minimum absolute atomic E-state index is 0.121. The lowest BCUT2D eigenvalue weighted by Gasteiger charge is -2.10. The number of anilines is 2. The number of sulfonamides is 1. The van der Waals surface area contributed by atoms with Gasteiger partial charge in [-0.3, -0.25) is 4.72 Å².